The lowest BCUT2D eigenvalue weighted by Crippen LogP contribution is -2.51. The first-order valence-electron chi connectivity index (χ1n) is 13.0. The van der Waals surface area contributed by atoms with Crippen LogP contribution in [0.5, 0.6) is 0 Å². The lowest BCUT2D eigenvalue weighted by Gasteiger charge is -2.31. The molecular weight excluding hydrogens is 496 g/mol. The van der Waals surface area contributed by atoms with Gasteiger partial charge in [0.15, 0.2) is 0 Å². The predicted molar refractivity (Wildman–Crippen MR) is 148 cm³/mol. The van der Waals surface area contributed by atoms with Crippen LogP contribution in [0.4, 0.5) is 5.69 Å². The van der Waals surface area contributed by atoms with Gasteiger partial charge in [-0.2, -0.15) is 0 Å². The Morgan fingerprint density at radius 2 is 1.49 bits per heavy atom. The molecule has 0 bridgehead atoms. The summed E-state index contributed by atoms with van der Waals surface area (Å²) in [6.45, 7) is 3.50. The minimum Gasteiger partial charge on any atom is -0.391 e. The highest BCUT2D eigenvalue weighted by Crippen LogP contribution is 2.28. The minimum absolute atomic E-state index is 0.0401. The molecule has 1 fully saturated rings. The fraction of sp³-hybridized carbons (Fsp3) is 0.300. The van der Waals surface area contributed by atoms with Gasteiger partial charge in [-0.05, 0) is 79.7 Å². The molecular formula is C30H34N4O5. The highest BCUT2D eigenvalue weighted by molar-refractivity contribution is 5.98. The number of hydroxylamine groups is 1. The lowest BCUT2D eigenvalue weighted by atomic mass is 9.89. The van der Waals surface area contributed by atoms with Crippen LogP contribution in [0.2, 0.25) is 0 Å². The molecule has 0 aliphatic carbocycles. The molecule has 0 radical (unpaired) electrons. The smallest absolute Gasteiger partial charge is 0.268 e. The number of nitrogens with one attached hydrogen (secondary N) is 3. The van der Waals surface area contributed by atoms with Gasteiger partial charge in [-0.25, -0.2) is 5.48 Å². The lowest BCUT2D eigenvalue weighted by molar-refractivity contribution is -0.133. The van der Waals surface area contributed by atoms with Crippen LogP contribution in [-0.4, -0.2) is 64.7 Å². The monoisotopic (exact) mass is 530 g/mol. The molecule has 4 rings (SSSR count). The second kappa shape index (κ2) is 13.1. The zero-order valence-electron chi connectivity index (χ0n) is 21.8. The highest BCUT2D eigenvalue weighted by atomic mass is 16.5. The topological polar surface area (TPSA) is 131 Å². The third-order valence-corrected chi connectivity index (χ3v) is 7.04. The van der Waals surface area contributed by atoms with Crippen LogP contribution in [0.25, 0.3) is 11.1 Å². The summed E-state index contributed by atoms with van der Waals surface area (Å²) < 4.78 is 0. The van der Waals surface area contributed by atoms with Gasteiger partial charge in [0.25, 0.3) is 11.8 Å². The fourth-order valence-corrected chi connectivity index (χ4v) is 4.81. The molecule has 1 heterocycles. The van der Waals surface area contributed by atoms with Gasteiger partial charge in [-0.15, -0.1) is 0 Å². The number of benzene rings is 3. The Bertz CT molecular complexity index is 1250. The van der Waals surface area contributed by atoms with Crippen molar-refractivity contribution in [1.29, 1.82) is 0 Å². The summed E-state index contributed by atoms with van der Waals surface area (Å²) in [5, 5.41) is 23.9. The van der Waals surface area contributed by atoms with Gasteiger partial charge in [0.2, 0.25) is 5.91 Å². The molecule has 3 aromatic rings. The maximum atomic E-state index is 12.6. The number of amides is 3. The van der Waals surface area contributed by atoms with E-state index in [0.717, 1.165) is 37.1 Å². The molecule has 39 heavy (non-hydrogen) atoms. The Labute approximate surface area is 227 Å². The molecule has 0 saturated carbocycles. The number of hydrogen-bond donors (Lipinski definition) is 5. The Balaban J connectivity index is 1.27. The average molecular weight is 531 g/mol. The standard InChI is InChI=1S/C30H34N4O5/c1-20(35)28(30(38)33-39)32-29(37)25-9-7-22(8-10-25)23-11-13-26(14-12-23)31-27(36)19-34-17-15-24(16-18-34)21-5-3-2-4-6-21/h2-14,20,24,28,35,39H,15-19H2,1H3,(H,31,36)(H,32,37)(H,33,38)/t20-,28+/m1/s1. The molecule has 0 unspecified atom stereocenters. The van der Waals surface area contributed by atoms with Crippen LogP contribution in [0.3, 0.4) is 0 Å². The van der Waals surface area contributed by atoms with Crippen molar-refractivity contribution < 1.29 is 24.7 Å². The number of anilines is 1. The molecule has 9 nitrogen and oxygen atoms in total. The number of piperidine rings is 1. The molecule has 1 aliphatic rings. The van der Waals surface area contributed by atoms with Crippen molar-refractivity contribution in [3.8, 4) is 11.1 Å². The number of hydrogen-bond acceptors (Lipinski definition) is 6. The number of nitrogens with zero attached hydrogens (tertiary/aromatic N) is 1. The van der Waals surface area contributed by atoms with E-state index in [1.54, 1.807) is 24.3 Å². The Hall–Kier alpha value is -4.05. The number of rotatable bonds is 9. The van der Waals surface area contributed by atoms with Crippen LogP contribution in [0, 0.1) is 0 Å². The van der Waals surface area contributed by atoms with Crippen molar-refractivity contribution in [3.63, 3.8) is 0 Å². The van der Waals surface area contributed by atoms with Crippen molar-refractivity contribution in [1.82, 2.24) is 15.7 Å². The van der Waals surface area contributed by atoms with Crippen molar-refractivity contribution in [2.24, 2.45) is 0 Å². The molecule has 1 aliphatic heterocycles. The van der Waals surface area contributed by atoms with E-state index in [2.05, 4.69) is 39.8 Å². The summed E-state index contributed by atoms with van der Waals surface area (Å²) in [5.41, 5.74) is 5.59. The van der Waals surface area contributed by atoms with Crippen molar-refractivity contribution >= 4 is 23.4 Å². The molecule has 5 N–H and O–H groups in total. The van der Waals surface area contributed by atoms with Crippen LogP contribution in [0.1, 0.15) is 41.6 Å². The van der Waals surface area contributed by atoms with E-state index in [-0.39, 0.29) is 5.91 Å². The average Bonchev–Trinajstić information content (AvgIpc) is 2.96. The molecule has 2 atom stereocenters. The van der Waals surface area contributed by atoms with Gasteiger partial charge >= 0.3 is 0 Å². The van der Waals surface area contributed by atoms with Gasteiger partial charge in [0.1, 0.15) is 6.04 Å². The molecule has 0 aromatic heterocycles. The van der Waals surface area contributed by atoms with Crippen LogP contribution >= 0.6 is 0 Å². The summed E-state index contributed by atoms with van der Waals surface area (Å²) in [6.07, 6.45) is 0.906. The second-order valence-electron chi connectivity index (χ2n) is 9.83. The summed E-state index contributed by atoms with van der Waals surface area (Å²) in [4.78, 5) is 38.9. The van der Waals surface area contributed by atoms with E-state index in [4.69, 9.17) is 5.21 Å². The SMILES string of the molecule is C[C@@H](O)[C@H](NC(=O)c1ccc(-c2ccc(NC(=O)CN3CCC(c4ccccc4)CC3)cc2)cc1)C(=O)NO. The quantitative estimate of drug-likeness (QED) is 0.213. The van der Waals surface area contributed by atoms with Gasteiger partial charge in [0, 0.05) is 11.3 Å². The van der Waals surface area contributed by atoms with E-state index < -0.39 is 24.0 Å². The third-order valence-electron chi connectivity index (χ3n) is 7.04. The molecule has 9 heteroatoms. The van der Waals surface area contributed by atoms with E-state index in [0.29, 0.717) is 23.7 Å². The van der Waals surface area contributed by atoms with Gasteiger partial charge < -0.3 is 15.7 Å². The van der Waals surface area contributed by atoms with E-state index in [1.807, 2.05) is 30.3 Å². The summed E-state index contributed by atoms with van der Waals surface area (Å²) in [5.74, 6) is -0.953. The normalized spacial score (nSPS) is 15.7. The fourth-order valence-electron chi connectivity index (χ4n) is 4.81. The molecule has 0 spiro atoms. The van der Waals surface area contributed by atoms with Gasteiger partial charge in [-0.1, -0.05) is 54.6 Å². The number of carbonyl (C=O) groups excluding carboxylic acids is 3. The van der Waals surface area contributed by atoms with Crippen molar-refractivity contribution in [2.75, 3.05) is 25.0 Å². The van der Waals surface area contributed by atoms with E-state index in [1.165, 1.54) is 18.0 Å². The van der Waals surface area contributed by atoms with Crippen LogP contribution < -0.4 is 16.1 Å². The maximum Gasteiger partial charge on any atom is 0.268 e. The summed E-state index contributed by atoms with van der Waals surface area (Å²) >= 11 is 0. The zero-order chi connectivity index (χ0) is 27.8. The van der Waals surface area contributed by atoms with E-state index >= 15 is 0 Å². The zero-order valence-corrected chi connectivity index (χ0v) is 21.8. The number of aliphatic hydroxyl groups excluding tert-OH is 1. The Morgan fingerprint density at radius 3 is 2.05 bits per heavy atom. The molecule has 1 saturated heterocycles. The van der Waals surface area contributed by atoms with Crippen molar-refractivity contribution in [2.45, 2.75) is 37.8 Å². The maximum absolute atomic E-state index is 12.6. The first-order chi connectivity index (χ1) is 18.8. The van der Waals surface area contributed by atoms with Gasteiger partial charge in [-0.3, -0.25) is 24.5 Å². The summed E-state index contributed by atoms with van der Waals surface area (Å²) in [6, 6.07) is 23.5. The molecule has 3 aromatic carbocycles. The first kappa shape index (κ1) is 28.0. The Kier molecular flexibility index (Phi) is 9.43. The number of carbonyl (C=O) groups is 3. The number of likely N-dealkylation sites (tertiary alicyclic amines) is 1. The molecule has 204 valence electrons. The largest absolute Gasteiger partial charge is 0.391 e. The first-order valence-corrected chi connectivity index (χ1v) is 13.0. The Morgan fingerprint density at radius 1 is 0.897 bits per heavy atom. The van der Waals surface area contributed by atoms with Crippen LogP contribution in [-0.2, 0) is 9.59 Å². The third kappa shape index (κ3) is 7.51. The van der Waals surface area contributed by atoms with Gasteiger partial charge in [0.05, 0.1) is 12.6 Å². The highest BCUT2D eigenvalue weighted by Gasteiger charge is 2.26. The predicted octanol–water partition coefficient (Wildman–Crippen LogP) is 3.16. The molecule has 3 amide bonds. The second-order valence-corrected chi connectivity index (χ2v) is 9.83. The summed E-state index contributed by atoms with van der Waals surface area (Å²) in [7, 11) is 0. The van der Waals surface area contributed by atoms with Crippen LogP contribution in [0.15, 0.2) is 78.9 Å². The number of aliphatic hydroxyl groups is 1. The van der Waals surface area contributed by atoms with E-state index in [9.17, 15) is 19.5 Å². The minimum atomic E-state index is -1.29. The van der Waals surface area contributed by atoms with Crippen molar-refractivity contribution in [3.05, 3.63) is 90.0 Å².